The van der Waals surface area contributed by atoms with Gasteiger partial charge in [-0.15, -0.1) is 0 Å². The maximum Gasteiger partial charge on any atom is 0.306 e. The van der Waals surface area contributed by atoms with Crippen molar-refractivity contribution >= 4 is 5.97 Å². The number of hydrogen-bond donors (Lipinski definition) is 0. The van der Waals surface area contributed by atoms with E-state index in [2.05, 4.69) is 13.8 Å². The summed E-state index contributed by atoms with van der Waals surface area (Å²) in [6, 6.07) is 9.96. The summed E-state index contributed by atoms with van der Waals surface area (Å²) in [5, 5.41) is 0. The number of rotatable bonds is 16. The average Bonchev–Trinajstić information content (AvgIpc) is 2.67. The molecule has 0 spiro atoms. The zero-order valence-corrected chi connectivity index (χ0v) is 17.2. The minimum atomic E-state index is -0.0275. The van der Waals surface area contributed by atoms with Crippen LogP contribution < -0.4 is 0 Å². The van der Waals surface area contributed by atoms with Crippen LogP contribution in [0.1, 0.15) is 103 Å². The predicted molar refractivity (Wildman–Crippen MR) is 111 cm³/mol. The van der Waals surface area contributed by atoms with Gasteiger partial charge in [-0.1, -0.05) is 108 Å². The van der Waals surface area contributed by atoms with Crippen molar-refractivity contribution in [2.24, 2.45) is 5.92 Å². The largest absolute Gasteiger partial charge is 0.461 e. The topological polar surface area (TPSA) is 26.3 Å². The van der Waals surface area contributed by atoms with Crippen LogP contribution in [0.25, 0.3) is 0 Å². The second-order valence-electron chi connectivity index (χ2n) is 7.62. The number of carbonyl (C=O) groups excluding carboxylic acids is 1. The van der Waals surface area contributed by atoms with Gasteiger partial charge in [0, 0.05) is 6.42 Å². The zero-order valence-electron chi connectivity index (χ0n) is 17.2. The molecule has 0 amide bonds. The maximum absolute atomic E-state index is 12.3. The molecule has 2 nitrogen and oxygen atoms in total. The smallest absolute Gasteiger partial charge is 0.306 e. The van der Waals surface area contributed by atoms with Crippen LogP contribution in [0.3, 0.4) is 0 Å². The molecule has 148 valence electrons. The lowest BCUT2D eigenvalue weighted by Crippen LogP contribution is -2.12. The van der Waals surface area contributed by atoms with E-state index in [0.717, 1.165) is 5.56 Å². The molecule has 0 radical (unpaired) electrons. The summed E-state index contributed by atoms with van der Waals surface area (Å²) >= 11 is 0. The van der Waals surface area contributed by atoms with Crippen molar-refractivity contribution in [3.8, 4) is 0 Å². The van der Waals surface area contributed by atoms with Crippen LogP contribution in [0.5, 0.6) is 0 Å². The number of esters is 1. The van der Waals surface area contributed by atoms with E-state index in [0.29, 0.717) is 18.9 Å². The van der Waals surface area contributed by atoms with Crippen molar-refractivity contribution in [1.29, 1.82) is 0 Å². The third-order valence-electron chi connectivity index (χ3n) is 5.13. The zero-order chi connectivity index (χ0) is 18.9. The van der Waals surface area contributed by atoms with Gasteiger partial charge in [0.25, 0.3) is 0 Å². The Morgan fingerprint density at radius 2 is 1.35 bits per heavy atom. The lowest BCUT2D eigenvalue weighted by molar-refractivity contribution is -0.146. The maximum atomic E-state index is 12.3. The number of ether oxygens (including phenoxy) is 1. The first-order valence-corrected chi connectivity index (χ1v) is 11.0. The van der Waals surface area contributed by atoms with Crippen LogP contribution in [0.4, 0.5) is 0 Å². The number of unbranched alkanes of at least 4 members (excludes halogenated alkanes) is 8. The van der Waals surface area contributed by atoms with Gasteiger partial charge in [0.15, 0.2) is 0 Å². The molecule has 26 heavy (non-hydrogen) atoms. The quantitative estimate of drug-likeness (QED) is 0.226. The summed E-state index contributed by atoms with van der Waals surface area (Å²) in [5.74, 6) is 0.474. The molecule has 1 aromatic carbocycles. The number of benzene rings is 1. The lowest BCUT2D eigenvalue weighted by atomic mass is 9.91. The highest BCUT2D eigenvalue weighted by molar-refractivity contribution is 5.69. The highest BCUT2D eigenvalue weighted by atomic mass is 16.5. The number of carbonyl (C=O) groups is 1. The van der Waals surface area contributed by atoms with Crippen molar-refractivity contribution < 1.29 is 9.53 Å². The van der Waals surface area contributed by atoms with Crippen molar-refractivity contribution in [2.75, 3.05) is 0 Å². The minimum absolute atomic E-state index is 0.0275. The normalized spacial score (nSPS) is 12.1. The second-order valence-corrected chi connectivity index (χ2v) is 7.62. The average molecular weight is 361 g/mol. The van der Waals surface area contributed by atoms with Crippen molar-refractivity contribution in [3.63, 3.8) is 0 Å². The van der Waals surface area contributed by atoms with E-state index in [1.807, 2.05) is 30.3 Å². The predicted octanol–water partition coefficient (Wildman–Crippen LogP) is 7.46. The van der Waals surface area contributed by atoms with E-state index >= 15 is 0 Å². The highest BCUT2D eigenvalue weighted by Gasteiger charge is 2.15. The highest BCUT2D eigenvalue weighted by Crippen LogP contribution is 2.22. The van der Waals surface area contributed by atoms with Gasteiger partial charge in [-0.2, -0.15) is 0 Å². The molecule has 0 saturated heterocycles. The van der Waals surface area contributed by atoms with E-state index in [1.165, 1.54) is 77.0 Å². The van der Waals surface area contributed by atoms with Gasteiger partial charge >= 0.3 is 5.97 Å². The first-order chi connectivity index (χ1) is 12.8. The Kier molecular flexibility index (Phi) is 13.9. The third kappa shape index (κ3) is 12.1. The molecule has 1 rings (SSSR count). The molecule has 0 aliphatic heterocycles. The first kappa shape index (κ1) is 22.7. The van der Waals surface area contributed by atoms with E-state index in [4.69, 9.17) is 4.74 Å². The molecule has 2 heteroatoms. The van der Waals surface area contributed by atoms with Gasteiger partial charge in [0.1, 0.15) is 6.61 Å². The fourth-order valence-corrected chi connectivity index (χ4v) is 3.45. The van der Waals surface area contributed by atoms with Crippen molar-refractivity contribution in [2.45, 2.75) is 104 Å². The molecule has 0 aliphatic carbocycles. The summed E-state index contributed by atoms with van der Waals surface area (Å²) in [4.78, 5) is 12.3. The molecule has 0 aromatic heterocycles. The molecule has 0 bridgehead atoms. The van der Waals surface area contributed by atoms with Gasteiger partial charge in [-0.3, -0.25) is 4.79 Å². The van der Waals surface area contributed by atoms with Crippen molar-refractivity contribution in [3.05, 3.63) is 35.9 Å². The molecule has 1 unspecified atom stereocenters. The molecular formula is C24H40O2. The summed E-state index contributed by atoms with van der Waals surface area (Å²) in [7, 11) is 0. The van der Waals surface area contributed by atoms with E-state index in [9.17, 15) is 4.79 Å². The first-order valence-electron chi connectivity index (χ1n) is 11.0. The number of hydrogen-bond acceptors (Lipinski definition) is 2. The van der Waals surface area contributed by atoms with E-state index in [-0.39, 0.29) is 5.97 Å². The van der Waals surface area contributed by atoms with Crippen LogP contribution in [0, 0.1) is 5.92 Å². The summed E-state index contributed by atoms with van der Waals surface area (Å²) in [6.07, 6.45) is 16.0. The van der Waals surface area contributed by atoms with Gasteiger partial charge in [0.2, 0.25) is 0 Å². The monoisotopic (exact) mass is 360 g/mol. The van der Waals surface area contributed by atoms with Crippen molar-refractivity contribution in [1.82, 2.24) is 0 Å². The summed E-state index contributed by atoms with van der Waals surface area (Å²) in [6.45, 7) is 4.90. The Labute approximate surface area is 161 Å². The van der Waals surface area contributed by atoms with Gasteiger partial charge in [-0.05, 0) is 24.3 Å². The van der Waals surface area contributed by atoms with Crippen LogP contribution in [0.15, 0.2) is 30.3 Å². The Morgan fingerprint density at radius 3 is 1.96 bits per heavy atom. The molecule has 0 saturated carbocycles. The van der Waals surface area contributed by atoms with Gasteiger partial charge in [0.05, 0.1) is 0 Å². The fraction of sp³-hybridized carbons (Fsp3) is 0.708. The van der Waals surface area contributed by atoms with Gasteiger partial charge in [-0.25, -0.2) is 0 Å². The van der Waals surface area contributed by atoms with E-state index < -0.39 is 0 Å². The Morgan fingerprint density at radius 1 is 0.808 bits per heavy atom. The molecule has 1 atom stereocenters. The minimum Gasteiger partial charge on any atom is -0.461 e. The lowest BCUT2D eigenvalue weighted by Gasteiger charge is -2.16. The molecule has 0 heterocycles. The van der Waals surface area contributed by atoms with Crippen LogP contribution >= 0.6 is 0 Å². The molecule has 0 fully saturated rings. The Balaban J connectivity index is 2.30. The summed E-state index contributed by atoms with van der Waals surface area (Å²) in [5.41, 5.74) is 1.07. The Hall–Kier alpha value is -1.31. The van der Waals surface area contributed by atoms with Crippen LogP contribution in [-0.2, 0) is 16.1 Å². The van der Waals surface area contributed by atoms with Crippen LogP contribution in [-0.4, -0.2) is 5.97 Å². The molecule has 1 aromatic rings. The standard InChI is InChI=1S/C24H40O2/c1-3-5-7-9-10-13-17-22(16-12-8-6-4-2)20-24(25)26-21-23-18-14-11-15-19-23/h11,14-15,18-19,22H,3-10,12-13,16-17,20-21H2,1-2H3. The molecular weight excluding hydrogens is 320 g/mol. The SMILES string of the molecule is CCCCCCCCC(CCCCCC)CC(=O)OCc1ccccc1. The second kappa shape index (κ2) is 15.9. The van der Waals surface area contributed by atoms with Crippen LogP contribution in [0.2, 0.25) is 0 Å². The Bertz CT molecular complexity index is 441. The van der Waals surface area contributed by atoms with Gasteiger partial charge < -0.3 is 4.74 Å². The molecule has 0 aliphatic rings. The molecule has 0 N–H and O–H groups in total. The fourth-order valence-electron chi connectivity index (χ4n) is 3.45. The third-order valence-corrected chi connectivity index (χ3v) is 5.13. The summed E-state index contributed by atoms with van der Waals surface area (Å²) < 4.78 is 5.51. The van der Waals surface area contributed by atoms with E-state index in [1.54, 1.807) is 0 Å².